The number of amides is 1. The van der Waals surface area contributed by atoms with Crippen LogP contribution in [0.25, 0.3) is 16.6 Å². The van der Waals surface area contributed by atoms with Gasteiger partial charge in [-0.15, -0.1) is 0 Å². The summed E-state index contributed by atoms with van der Waals surface area (Å²) in [6.07, 6.45) is 0.808. The van der Waals surface area contributed by atoms with Gasteiger partial charge in [0.05, 0.1) is 33.2 Å². The summed E-state index contributed by atoms with van der Waals surface area (Å²) in [5, 5.41) is 0.944. The summed E-state index contributed by atoms with van der Waals surface area (Å²) in [7, 11) is 0. The Morgan fingerprint density at radius 2 is 1.63 bits per heavy atom. The third-order valence-corrected chi connectivity index (χ3v) is 6.64. The molecule has 0 bridgehead atoms. The molecule has 1 atom stereocenters. The number of nitrogens with zero attached hydrogens (tertiary/aromatic N) is 3. The van der Waals surface area contributed by atoms with Gasteiger partial charge in [-0.25, -0.2) is 4.98 Å². The maximum atomic E-state index is 13.8. The second kappa shape index (κ2) is 10.4. The summed E-state index contributed by atoms with van der Waals surface area (Å²) >= 11 is 6.41. The molecule has 0 saturated carbocycles. The number of carbonyl (C=O) groups is 1. The van der Waals surface area contributed by atoms with Gasteiger partial charge in [-0.2, -0.15) is 0 Å². The molecule has 0 aliphatic heterocycles. The van der Waals surface area contributed by atoms with E-state index >= 15 is 0 Å². The Kier molecular flexibility index (Phi) is 7.37. The zero-order valence-electron chi connectivity index (χ0n) is 20.5. The van der Waals surface area contributed by atoms with Crippen molar-refractivity contribution >= 4 is 28.4 Å². The molecule has 4 rings (SSSR count). The highest BCUT2D eigenvalue weighted by Crippen LogP contribution is 2.28. The number of carbonyl (C=O) groups excluding carboxylic acids is 1. The van der Waals surface area contributed by atoms with Crippen molar-refractivity contribution in [3.63, 3.8) is 0 Å². The van der Waals surface area contributed by atoms with Gasteiger partial charge >= 0.3 is 0 Å². The molecule has 0 spiro atoms. The van der Waals surface area contributed by atoms with E-state index in [9.17, 15) is 9.59 Å². The zero-order chi connectivity index (χ0) is 25.1. The molecule has 0 N–H and O–H groups in total. The Balaban J connectivity index is 1.93. The molecule has 0 saturated heterocycles. The lowest BCUT2D eigenvalue weighted by Crippen LogP contribution is -2.38. The molecule has 1 aromatic heterocycles. The lowest BCUT2D eigenvalue weighted by atomic mass is 10.1. The maximum absolute atomic E-state index is 13.8. The van der Waals surface area contributed by atoms with Crippen LogP contribution in [-0.4, -0.2) is 26.9 Å². The van der Waals surface area contributed by atoms with Crippen LogP contribution in [0.5, 0.6) is 0 Å². The van der Waals surface area contributed by atoms with Crippen LogP contribution in [-0.2, 0) is 0 Å². The highest BCUT2D eigenvalue weighted by molar-refractivity contribution is 6.33. The van der Waals surface area contributed by atoms with Crippen molar-refractivity contribution in [3.8, 4) is 5.69 Å². The molecule has 3 aromatic carbocycles. The smallest absolute Gasteiger partial charge is 0.266 e. The standard InChI is InChI=1S/C29H30ClN3O2/c1-19(2)17-18-32(28(34)22-12-6-8-14-24(22)30)21(4)27-31-25-15-9-7-13-23(25)29(35)33(27)26-16-10-5-11-20(26)3/h5-16,19,21H,17-18H2,1-4H3. The van der Waals surface area contributed by atoms with Gasteiger partial charge in [-0.3, -0.25) is 14.2 Å². The number of benzene rings is 3. The minimum atomic E-state index is -0.477. The van der Waals surface area contributed by atoms with Crippen LogP contribution in [0.4, 0.5) is 0 Å². The lowest BCUT2D eigenvalue weighted by molar-refractivity contribution is 0.0671. The molecule has 4 aromatic rings. The first-order chi connectivity index (χ1) is 16.8. The van der Waals surface area contributed by atoms with Crippen LogP contribution in [0.1, 0.15) is 55.0 Å². The van der Waals surface area contributed by atoms with Crippen LogP contribution in [0.2, 0.25) is 5.02 Å². The van der Waals surface area contributed by atoms with E-state index in [0.29, 0.717) is 39.8 Å². The number of aromatic nitrogens is 2. The van der Waals surface area contributed by atoms with Crippen LogP contribution < -0.4 is 5.56 Å². The summed E-state index contributed by atoms with van der Waals surface area (Å²) in [4.78, 5) is 34.3. The second-order valence-electron chi connectivity index (χ2n) is 9.25. The Labute approximate surface area is 211 Å². The highest BCUT2D eigenvalue weighted by atomic mass is 35.5. The van der Waals surface area contributed by atoms with Crippen molar-refractivity contribution in [2.24, 2.45) is 5.92 Å². The quantitative estimate of drug-likeness (QED) is 0.295. The molecule has 1 unspecified atom stereocenters. The molecular formula is C29H30ClN3O2. The molecule has 5 nitrogen and oxygen atoms in total. The fourth-order valence-electron chi connectivity index (χ4n) is 4.27. The molecular weight excluding hydrogens is 458 g/mol. The first-order valence-corrected chi connectivity index (χ1v) is 12.3. The highest BCUT2D eigenvalue weighted by Gasteiger charge is 2.29. The van der Waals surface area contributed by atoms with Gasteiger partial charge in [-0.05, 0) is 62.1 Å². The molecule has 180 valence electrons. The van der Waals surface area contributed by atoms with E-state index in [4.69, 9.17) is 16.6 Å². The Hall–Kier alpha value is -3.44. The minimum Gasteiger partial charge on any atom is -0.329 e. The van der Waals surface area contributed by atoms with Gasteiger partial charge in [0.15, 0.2) is 0 Å². The van der Waals surface area contributed by atoms with Crippen molar-refractivity contribution in [3.05, 3.63) is 105 Å². The number of aryl methyl sites for hydroxylation is 1. The second-order valence-corrected chi connectivity index (χ2v) is 9.66. The van der Waals surface area contributed by atoms with Gasteiger partial charge in [0.1, 0.15) is 5.82 Å². The maximum Gasteiger partial charge on any atom is 0.266 e. The SMILES string of the molecule is Cc1ccccc1-n1c(C(C)N(CCC(C)C)C(=O)c2ccccc2Cl)nc2ccccc2c1=O. The van der Waals surface area contributed by atoms with Gasteiger partial charge in [0, 0.05) is 6.54 Å². The fourth-order valence-corrected chi connectivity index (χ4v) is 4.49. The van der Waals surface area contributed by atoms with E-state index in [1.807, 2.05) is 68.4 Å². The fraction of sp³-hybridized carbons (Fsp3) is 0.276. The van der Waals surface area contributed by atoms with Crippen molar-refractivity contribution in [1.82, 2.24) is 14.5 Å². The number of hydrogen-bond acceptors (Lipinski definition) is 3. The number of rotatable bonds is 7. The van der Waals surface area contributed by atoms with E-state index in [0.717, 1.165) is 17.7 Å². The van der Waals surface area contributed by atoms with Gasteiger partial charge in [-0.1, -0.05) is 67.9 Å². The summed E-state index contributed by atoms with van der Waals surface area (Å²) in [5.41, 5.74) is 2.60. The first-order valence-electron chi connectivity index (χ1n) is 11.9. The molecule has 35 heavy (non-hydrogen) atoms. The third-order valence-electron chi connectivity index (χ3n) is 6.31. The number of para-hydroxylation sites is 2. The van der Waals surface area contributed by atoms with Crippen LogP contribution in [0, 0.1) is 12.8 Å². The zero-order valence-corrected chi connectivity index (χ0v) is 21.3. The largest absolute Gasteiger partial charge is 0.329 e. The van der Waals surface area contributed by atoms with Crippen LogP contribution >= 0.6 is 11.6 Å². The molecule has 0 fully saturated rings. The number of hydrogen-bond donors (Lipinski definition) is 0. The monoisotopic (exact) mass is 487 g/mol. The normalized spacial score (nSPS) is 12.2. The number of fused-ring (bicyclic) bond motifs is 1. The lowest BCUT2D eigenvalue weighted by Gasteiger charge is -2.31. The van der Waals surface area contributed by atoms with Crippen molar-refractivity contribution in [2.45, 2.75) is 40.2 Å². The molecule has 0 aliphatic rings. The average molecular weight is 488 g/mol. The van der Waals surface area contributed by atoms with Gasteiger partial charge in [0.2, 0.25) is 0 Å². The summed E-state index contributed by atoms with van der Waals surface area (Å²) in [6, 6.07) is 21.7. The topological polar surface area (TPSA) is 55.2 Å². The van der Waals surface area contributed by atoms with Crippen LogP contribution in [0.15, 0.2) is 77.6 Å². The predicted octanol–water partition coefficient (Wildman–Crippen LogP) is 6.60. The molecule has 0 aliphatic carbocycles. The van der Waals surface area contributed by atoms with E-state index in [2.05, 4.69) is 13.8 Å². The van der Waals surface area contributed by atoms with E-state index in [-0.39, 0.29) is 11.5 Å². The van der Waals surface area contributed by atoms with Crippen molar-refractivity contribution in [1.29, 1.82) is 0 Å². The third kappa shape index (κ3) is 5.01. The van der Waals surface area contributed by atoms with E-state index in [1.54, 1.807) is 27.7 Å². The Morgan fingerprint density at radius 1 is 0.971 bits per heavy atom. The summed E-state index contributed by atoms with van der Waals surface area (Å²) in [5.74, 6) is 0.738. The Morgan fingerprint density at radius 3 is 2.34 bits per heavy atom. The van der Waals surface area contributed by atoms with Gasteiger partial charge < -0.3 is 4.90 Å². The molecule has 6 heteroatoms. The molecule has 1 heterocycles. The first kappa shape index (κ1) is 24.7. The summed E-state index contributed by atoms with van der Waals surface area (Å²) < 4.78 is 1.66. The Bertz CT molecular complexity index is 1430. The van der Waals surface area contributed by atoms with E-state index in [1.165, 1.54) is 0 Å². The summed E-state index contributed by atoms with van der Waals surface area (Å²) in [6.45, 7) is 8.66. The molecule has 0 radical (unpaired) electrons. The van der Waals surface area contributed by atoms with Crippen molar-refractivity contribution < 1.29 is 4.79 Å². The van der Waals surface area contributed by atoms with E-state index < -0.39 is 6.04 Å². The van der Waals surface area contributed by atoms with Gasteiger partial charge in [0.25, 0.3) is 11.5 Å². The average Bonchev–Trinajstić information content (AvgIpc) is 2.84. The predicted molar refractivity (Wildman–Crippen MR) is 142 cm³/mol. The number of halogens is 1. The van der Waals surface area contributed by atoms with Crippen molar-refractivity contribution in [2.75, 3.05) is 6.54 Å². The molecule has 1 amide bonds. The minimum absolute atomic E-state index is 0.152. The van der Waals surface area contributed by atoms with Crippen LogP contribution in [0.3, 0.4) is 0 Å².